The Bertz CT molecular complexity index is 731. The Labute approximate surface area is 151 Å². The third-order valence-corrected chi connectivity index (χ3v) is 5.54. The molecule has 3 rings (SSSR count). The van der Waals surface area contributed by atoms with Crippen LogP contribution in [0.4, 0.5) is 0 Å². The van der Waals surface area contributed by atoms with Crippen molar-refractivity contribution in [3.05, 3.63) is 57.8 Å². The van der Waals surface area contributed by atoms with Gasteiger partial charge in [-0.2, -0.15) is 0 Å². The van der Waals surface area contributed by atoms with Crippen molar-refractivity contribution in [3.63, 3.8) is 0 Å². The minimum absolute atomic E-state index is 0.110. The second kappa shape index (κ2) is 7.37. The lowest BCUT2D eigenvalue weighted by molar-refractivity contribution is 0.0273. The molecule has 0 spiro atoms. The zero-order chi connectivity index (χ0) is 18.0. The third-order valence-electron chi connectivity index (χ3n) is 4.69. The van der Waals surface area contributed by atoms with Crippen molar-refractivity contribution < 1.29 is 14.7 Å². The number of carboxylic acid groups (broad SMARTS) is 1. The summed E-state index contributed by atoms with van der Waals surface area (Å²) in [6, 6.07) is 11.3. The Morgan fingerprint density at radius 2 is 1.76 bits per heavy atom. The van der Waals surface area contributed by atoms with Gasteiger partial charge in [-0.3, -0.25) is 9.69 Å². The van der Waals surface area contributed by atoms with Gasteiger partial charge in [0, 0.05) is 31.7 Å². The third kappa shape index (κ3) is 3.91. The number of nitrogens with zero attached hydrogens (tertiary/aromatic N) is 2. The first kappa shape index (κ1) is 17.6. The van der Waals surface area contributed by atoms with E-state index in [1.165, 1.54) is 11.3 Å². The lowest BCUT2D eigenvalue weighted by Gasteiger charge is -2.44. The van der Waals surface area contributed by atoms with Crippen LogP contribution >= 0.6 is 11.3 Å². The molecule has 1 aliphatic heterocycles. The summed E-state index contributed by atoms with van der Waals surface area (Å²) in [6.07, 6.45) is 0. The van der Waals surface area contributed by atoms with Gasteiger partial charge in [-0.25, -0.2) is 4.79 Å². The van der Waals surface area contributed by atoms with Crippen molar-refractivity contribution in [2.45, 2.75) is 32.5 Å². The standard InChI is InChI=1S/C19H22N2O3S/c1-13-10-20(18(22)17-4-3-9-25-17)11-14(2)21(13)12-15-5-7-16(8-6-15)19(23)24/h3-9,13-14H,10-12H2,1-2H3,(H,23,24)/t13-,14+. The normalized spacial score (nSPS) is 21.3. The number of hydrogen-bond donors (Lipinski definition) is 1. The van der Waals surface area contributed by atoms with Gasteiger partial charge in [-0.15, -0.1) is 11.3 Å². The van der Waals surface area contributed by atoms with Crippen LogP contribution in [-0.2, 0) is 6.54 Å². The van der Waals surface area contributed by atoms with Crippen LogP contribution < -0.4 is 0 Å². The summed E-state index contributed by atoms with van der Waals surface area (Å²) in [5.74, 6) is -0.798. The molecule has 2 aromatic rings. The maximum atomic E-state index is 12.6. The van der Waals surface area contributed by atoms with E-state index < -0.39 is 5.97 Å². The van der Waals surface area contributed by atoms with Crippen LogP contribution in [0.25, 0.3) is 0 Å². The first-order valence-electron chi connectivity index (χ1n) is 8.36. The second-order valence-electron chi connectivity index (χ2n) is 6.56. The molecule has 0 saturated carbocycles. The summed E-state index contributed by atoms with van der Waals surface area (Å²) in [5, 5.41) is 10.9. The van der Waals surface area contributed by atoms with Gasteiger partial charge >= 0.3 is 5.97 Å². The topological polar surface area (TPSA) is 60.9 Å². The van der Waals surface area contributed by atoms with E-state index >= 15 is 0 Å². The van der Waals surface area contributed by atoms with Crippen LogP contribution in [0.5, 0.6) is 0 Å². The van der Waals surface area contributed by atoms with Gasteiger partial charge in [-0.1, -0.05) is 18.2 Å². The highest BCUT2D eigenvalue weighted by atomic mass is 32.1. The SMILES string of the molecule is C[C@@H]1CN(C(=O)c2cccs2)C[C@H](C)N1Cc1ccc(C(=O)O)cc1. The van der Waals surface area contributed by atoms with E-state index in [0.29, 0.717) is 18.7 Å². The molecule has 1 aliphatic rings. The number of hydrogen-bond acceptors (Lipinski definition) is 4. The summed E-state index contributed by atoms with van der Waals surface area (Å²) in [7, 11) is 0. The van der Waals surface area contributed by atoms with Crippen LogP contribution in [0.3, 0.4) is 0 Å². The predicted molar refractivity (Wildman–Crippen MR) is 98.1 cm³/mol. The molecule has 5 nitrogen and oxygen atoms in total. The Morgan fingerprint density at radius 3 is 2.28 bits per heavy atom. The Hall–Kier alpha value is -2.18. The fourth-order valence-corrected chi connectivity index (χ4v) is 4.04. The molecule has 2 heterocycles. The second-order valence-corrected chi connectivity index (χ2v) is 7.51. The van der Waals surface area contributed by atoms with E-state index in [0.717, 1.165) is 17.0 Å². The molecule has 1 saturated heterocycles. The van der Waals surface area contributed by atoms with Crippen LogP contribution in [0, 0.1) is 0 Å². The van der Waals surface area contributed by atoms with Crippen LogP contribution in [0.2, 0.25) is 0 Å². The van der Waals surface area contributed by atoms with Gasteiger partial charge in [-0.05, 0) is 43.0 Å². The Balaban J connectivity index is 1.66. The van der Waals surface area contributed by atoms with E-state index in [-0.39, 0.29) is 18.0 Å². The van der Waals surface area contributed by atoms with E-state index in [1.807, 2.05) is 34.5 Å². The summed E-state index contributed by atoms with van der Waals surface area (Å²) in [4.78, 5) is 28.6. The number of carboxylic acids is 1. The van der Waals surface area contributed by atoms with Crippen LogP contribution in [0.15, 0.2) is 41.8 Å². The molecule has 1 amide bonds. The maximum absolute atomic E-state index is 12.6. The van der Waals surface area contributed by atoms with Gasteiger partial charge in [0.1, 0.15) is 0 Å². The lowest BCUT2D eigenvalue weighted by Crippen LogP contribution is -2.57. The number of thiophene rings is 1. The summed E-state index contributed by atoms with van der Waals surface area (Å²) in [6.45, 7) is 6.43. The first-order valence-corrected chi connectivity index (χ1v) is 9.24. The first-order chi connectivity index (χ1) is 12.0. The fourth-order valence-electron chi connectivity index (χ4n) is 3.35. The molecule has 25 heavy (non-hydrogen) atoms. The number of benzene rings is 1. The minimum Gasteiger partial charge on any atom is -0.478 e. The molecule has 0 bridgehead atoms. The molecule has 1 aromatic carbocycles. The summed E-state index contributed by atoms with van der Waals surface area (Å²) >= 11 is 1.48. The average molecular weight is 358 g/mol. The maximum Gasteiger partial charge on any atom is 0.335 e. The number of carbonyl (C=O) groups excluding carboxylic acids is 1. The molecule has 132 valence electrons. The zero-order valence-corrected chi connectivity index (χ0v) is 15.2. The predicted octanol–water partition coefficient (Wildman–Crippen LogP) is 3.18. The van der Waals surface area contributed by atoms with Gasteiger partial charge < -0.3 is 10.0 Å². The average Bonchev–Trinajstić information content (AvgIpc) is 3.12. The Kier molecular flexibility index (Phi) is 5.20. The van der Waals surface area contributed by atoms with Crippen LogP contribution in [-0.4, -0.2) is 52.0 Å². The van der Waals surface area contributed by atoms with E-state index in [4.69, 9.17) is 5.11 Å². The number of piperazine rings is 1. The molecule has 0 unspecified atom stereocenters. The fraction of sp³-hybridized carbons (Fsp3) is 0.368. The van der Waals surface area contributed by atoms with Gasteiger partial charge in [0.05, 0.1) is 10.4 Å². The smallest absolute Gasteiger partial charge is 0.335 e. The number of aromatic carboxylic acids is 1. The largest absolute Gasteiger partial charge is 0.478 e. The molecule has 0 radical (unpaired) electrons. The van der Waals surface area contributed by atoms with E-state index in [9.17, 15) is 9.59 Å². The zero-order valence-electron chi connectivity index (χ0n) is 14.4. The molecule has 1 N–H and O–H groups in total. The number of carbonyl (C=O) groups is 2. The minimum atomic E-state index is -0.908. The summed E-state index contributed by atoms with van der Waals surface area (Å²) in [5.41, 5.74) is 1.39. The van der Waals surface area contributed by atoms with Gasteiger partial charge in [0.25, 0.3) is 5.91 Å². The summed E-state index contributed by atoms with van der Waals surface area (Å²) < 4.78 is 0. The molecule has 1 aromatic heterocycles. The van der Waals surface area contributed by atoms with E-state index in [2.05, 4.69) is 18.7 Å². The highest BCUT2D eigenvalue weighted by Crippen LogP contribution is 2.22. The van der Waals surface area contributed by atoms with Gasteiger partial charge in [0.15, 0.2) is 0 Å². The molecule has 6 heteroatoms. The van der Waals surface area contributed by atoms with Crippen molar-refractivity contribution in [2.75, 3.05) is 13.1 Å². The highest BCUT2D eigenvalue weighted by molar-refractivity contribution is 7.12. The number of rotatable bonds is 4. The van der Waals surface area contributed by atoms with Crippen LogP contribution in [0.1, 0.15) is 39.4 Å². The van der Waals surface area contributed by atoms with Crippen molar-refractivity contribution in [1.29, 1.82) is 0 Å². The molecular formula is C19H22N2O3S. The van der Waals surface area contributed by atoms with Crippen molar-refractivity contribution in [3.8, 4) is 0 Å². The Morgan fingerprint density at radius 1 is 1.12 bits per heavy atom. The molecular weight excluding hydrogens is 336 g/mol. The molecule has 0 aliphatic carbocycles. The number of amides is 1. The van der Waals surface area contributed by atoms with E-state index in [1.54, 1.807) is 12.1 Å². The monoisotopic (exact) mass is 358 g/mol. The molecule has 2 atom stereocenters. The van der Waals surface area contributed by atoms with Crippen molar-refractivity contribution in [1.82, 2.24) is 9.80 Å². The van der Waals surface area contributed by atoms with Gasteiger partial charge in [0.2, 0.25) is 0 Å². The lowest BCUT2D eigenvalue weighted by atomic mass is 10.0. The highest BCUT2D eigenvalue weighted by Gasteiger charge is 2.32. The van der Waals surface area contributed by atoms with Crippen molar-refractivity contribution >= 4 is 23.2 Å². The van der Waals surface area contributed by atoms with Crippen molar-refractivity contribution in [2.24, 2.45) is 0 Å². The molecule has 1 fully saturated rings. The quantitative estimate of drug-likeness (QED) is 0.912.